The average Bonchev–Trinajstić information content (AvgIpc) is 2.83. The Kier molecular flexibility index (Phi) is 3.38. The lowest BCUT2D eigenvalue weighted by Crippen LogP contribution is -2.10. The predicted molar refractivity (Wildman–Crippen MR) is 58.4 cm³/mol. The van der Waals surface area contributed by atoms with Gasteiger partial charge in [0, 0.05) is 31.5 Å². The smallest absolute Gasteiger partial charge is 0.0638 e. The zero-order valence-electron chi connectivity index (χ0n) is 9.28. The molecule has 0 radical (unpaired) electrons. The molecule has 1 atom stereocenters. The first-order chi connectivity index (χ1) is 7.29. The molecule has 0 aliphatic carbocycles. The average molecular weight is 209 g/mol. The summed E-state index contributed by atoms with van der Waals surface area (Å²) in [5.74, 6) is 0. The summed E-state index contributed by atoms with van der Waals surface area (Å²) < 4.78 is 7.56. The first kappa shape index (κ1) is 10.6. The Bertz CT molecular complexity index is 316. The first-order valence-electron chi connectivity index (χ1n) is 5.64. The van der Waals surface area contributed by atoms with Crippen molar-refractivity contribution in [3.05, 3.63) is 17.5 Å². The Balaban J connectivity index is 1.87. The van der Waals surface area contributed by atoms with E-state index in [1.165, 1.54) is 12.8 Å². The largest absolute Gasteiger partial charge is 0.378 e. The fourth-order valence-corrected chi connectivity index (χ4v) is 2.02. The van der Waals surface area contributed by atoms with Crippen LogP contribution in [0.4, 0.5) is 0 Å². The second-order valence-corrected chi connectivity index (χ2v) is 4.13. The molecule has 0 aromatic carbocycles. The van der Waals surface area contributed by atoms with Crippen LogP contribution in [0, 0.1) is 6.92 Å². The van der Waals surface area contributed by atoms with Crippen molar-refractivity contribution in [1.82, 2.24) is 9.78 Å². The third-order valence-electron chi connectivity index (χ3n) is 2.97. The van der Waals surface area contributed by atoms with Crippen molar-refractivity contribution in [2.45, 2.75) is 45.4 Å². The van der Waals surface area contributed by atoms with Crippen LogP contribution in [0.15, 0.2) is 6.20 Å². The third kappa shape index (κ3) is 2.58. The van der Waals surface area contributed by atoms with E-state index < -0.39 is 0 Å². The lowest BCUT2D eigenvalue weighted by molar-refractivity contribution is 0.0994. The molecule has 1 aromatic heterocycles. The van der Waals surface area contributed by atoms with E-state index in [-0.39, 0.29) is 0 Å². The maximum Gasteiger partial charge on any atom is 0.0638 e. The number of aromatic nitrogens is 2. The fourth-order valence-electron chi connectivity index (χ4n) is 2.02. The molecule has 2 rings (SSSR count). The number of aryl methyl sites for hydroxylation is 2. The van der Waals surface area contributed by atoms with Crippen LogP contribution in [0.5, 0.6) is 0 Å². The highest BCUT2D eigenvalue weighted by atomic mass is 16.5. The Morgan fingerprint density at radius 2 is 2.53 bits per heavy atom. The van der Waals surface area contributed by atoms with Gasteiger partial charge in [0.15, 0.2) is 0 Å². The summed E-state index contributed by atoms with van der Waals surface area (Å²) in [7, 11) is 0. The number of nitrogens with zero attached hydrogens (tertiary/aromatic N) is 2. The van der Waals surface area contributed by atoms with Gasteiger partial charge in [-0.15, -0.1) is 0 Å². The molecule has 1 saturated heterocycles. The summed E-state index contributed by atoms with van der Waals surface area (Å²) >= 11 is 0. The molecule has 15 heavy (non-hydrogen) atoms. The van der Waals surface area contributed by atoms with Crippen LogP contribution in [0.1, 0.15) is 30.5 Å². The molecule has 0 bridgehead atoms. The van der Waals surface area contributed by atoms with Crippen LogP contribution in [0.2, 0.25) is 0 Å². The van der Waals surface area contributed by atoms with Gasteiger partial charge in [0.05, 0.1) is 11.8 Å². The number of nitrogens with two attached hydrogens (primary N) is 1. The molecule has 1 unspecified atom stereocenters. The molecule has 2 heterocycles. The van der Waals surface area contributed by atoms with Crippen LogP contribution in [-0.4, -0.2) is 22.5 Å². The maximum atomic E-state index is 5.60. The number of hydrogen-bond acceptors (Lipinski definition) is 3. The predicted octanol–water partition coefficient (Wildman–Crippen LogP) is 1.22. The SMILES string of the molecule is Cc1nn(CCC2CCCO2)cc1CN. The zero-order chi connectivity index (χ0) is 10.7. The summed E-state index contributed by atoms with van der Waals surface area (Å²) in [6, 6.07) is 0. The van der Waals surface area contributed by atoms with Gasteiger partial charge in [-0.3, -0.25) is 4.68 Å². The quantitative estimate of drug-likeness (QED) is 0.811. The van der Waals surface area contributed by atoms with Crippen LogP contribution in [0.25, 0.3) is 0 Å². The molecule has 0 saturated carbocycles. The van der Waals surface area contributed by atoms with E-state index in [1.54, 1.807) is 0 Å². The van der Waals surface area contributed by atoms with Gasteiger partial charge in [-0.1, -0.05) is 0 Å². The van der Waals surface area contributed by atoms with Gasteiger partial charge < -0.3 is 10.5 Å². The van der Waals surface area contributed by atoms with E-state index in [1.807, 2.05) is 17.8 Å². The third-order valence-corrected chi connectivity index (χ3v) is 2.97. The topological polar surface area (TPSA) is 53.1 Å². The van der Waals surface area contributed by atoms with E-state index in [4.69, 9.17) is 10.5 Å². The molecule has 4 nitrogen and oxygen atoms in total. The normalized spacial score (nSPS) is 21.1. The molecular formula is C11H19N3O. The van der Waals surface area contributed by atoms with Crippen LogP contribution < -0.4 is 5.73 Å². The van der Waals surface area contributed by atoms with E-state index >= 15 is 0 Å². The molecule has 4 heteroatoms. The molecular weight excluding hydrogens is 190 g/mol. The minimum Gasteiger partial charge on any atom is -0.378 e. The van der Waals surface area contributed by atoms with Crippen molar-refractivity contribution < 1.29 is 4.74 Å². The van der Waals surface area contributed by atoms with E-state index in [0.29, 0.717) is 12.6 Å². The lowest BCUT2D eigenvalue weighted by atomic mass is 10.2. The first-order valence-corrected chi connectivity index (χ1v) is 5.64. The molecule has 1 aliphatic heterocycles. The molecule has 1 aliphatic rings. The summed E-state index contributed by atoms with van der Waals surface area (Å²) in [6.45, 7) is 4.44. The molecule has 1 fully saturated rings. The standard InChI is InChI=1S/C11H19N3O/c1-9-10(7-12)8-14(13-9)5-4-11-3-2-6-15-11/h8,11H,2-7,12H2,1H3. The van der Waals surface area contributed by atoms with Crippen molar-refractivity contribution in [1.29, 1.82) is 0 Å². The summed E-state index contributed by atoms with van der Waals surface area (Å²) in [6.07, 6.45) is 5.95. The number of hydrogen-bond donors (Lipinski definition) is 1. The molecule has 2 N–H and O–H groups in total. The van der Waals surface area contributed by atoms with Crippen molar-refractivity contribution in [3.8, 4) is 0 Å². The van der Waals surface area contributed by atoms with E-state index in [9.17, 15) is 0 Å². The molecule has 0 spiro atoms. The second kappa shape index (κ2) is 4.77. The van der Waals surface area contributed by atoms with Crippen molar-refractivity contribution >= 4 is 0 Å². The second-order valence-electron chi connectivity index (χ2n) is 4.13. The van der Waals surface area contributed by atoms with Gasteiger partial charge in [-0.05, 0) is 26.2 Å². The maximum absolute atomic E-state index is 5.60. The van der Waals surface area contributed by atoms with Crippen LogP contribution in [-0.2, 0) is 17.8 Å². The molecule has 0 amide bonds. The lowest BCUT2D eigenvalue weighted by Gasteiger charge is -2.08. The Hall–Kier alpha value is -0.870. The van der Waals surface area contributed by atoms with Gasteiger partial charge in [0.1, 0.15) is 0 Å². The van der Waals surface area contributed by atoms with Crippen LogP contribution >= 0.6 is 0 Å². The highest BCUT2D eigenvalue weighted by molar-refractivity contribution is 5.14. The summed E-state index contributed by atoms with van der Waals surface area (Å²) in [4.78, 5) is 0. The van der Waals surface area contributed by atoms with Crippen molar-refractivity contribution in [2.24, 2.45) is 5.73 Å². The van der Waals surface area contributed by atoms with Gasteiger partial charge in [0.25, 0.3) is 0 Å². The molecule has 84 valence electrons. The highest BCUT2D eigenvalue weighted by Gasteiger charge is 2.15. The van der Waals surface area contributed by atoms with Crippen molar-refractivity contribution in [2.75, 3.05) is 6.61 Å². The minimum atomic E-state index is 0.441. The Morgan fingerprint density at radius 3 is 3.13 bits per heavy atom. The molecule has 1 aromatic rings. The Labute approximate surface area is 90.4 Å². The van der Waals surface area contributed by atoms with Crippen LogP contribution in [0.3, 0.4) is 0 Å². The van der Waals surface area contributed by atoms with Crippen molar-refractivity contribution in [3.63, 3.8) is 0 Å². The number of rotatable bonds is 4. The van der Waals surface area contributed by atoms with Gasteiger partial charge >= 0.3 is 0 Å². The van der Waals surface area contributed by atoms with E-state index in [0.717, 1.165) is 30.8 Å². The summed E-state index contributed by atoms with van der Waals surface area (Å²) in [5.41, 5.74) is 7.79. The summed E-state index contributed by atoms with van der Waals surface area (Å²) in [5, 5.41) is 4.42. The monoisotopic (exact) mass is 209 g/mol. The minimum absolute atomic E-state index is 0.441. The zero-order valence-corrected chi connectivity index (χ0v) is 9.28. The fraction of sp³-hybridized carbons (Fsp3) is 0.727. The van der Waals surface area contributed by atoms with Gasteiger partial charge in [-0.25, -0.2) is 0 Å². The highest BCUT2D eigenvalue weighted by Crippen LogP contribution is 2.16. The van der Waals surface area contributed by atoms with Gasteiger partial charge in [0.2, 0.25) is 0 Å². The number of ether oxygens (including phenoxy) is 1. The van der Waals surface area contributed by atoms with Gasteiger partial charge in [-0.2, -0.15) is 5.10 Å². The van der Waals surface area contributed by atoms with E-state index in [2.05, 4.69) is 5.10 Å². The Morgan fingerprint density at radius 1 is 1.67 bits per heavy atom.